The molecule has 0 bridgehead atoms. The number of hydrogen-bond donors (Lipinski definition) is 0. The first kappa shape index (κ1) is 21.1. The third-order valence-corrected chi connectivity index (χ3v) is 6.68. The van der Waals surface area contributed by atoms with Gasteiger partial charge in [0.25, 0.3) is 10.0 Å². The lowest BCUT2D eigenvalue weighted by molar-refractivity contribution is -0.131. The quantitative estimate of drug-likeness (QED) is 0.712. The maximum Gasteiger partial charge on any atom is 0.264 e. The highest BCUT2D eigenvalue weighted by Crippen LogP contribution is 2.26. The second-order valence-electron chi connectivity index (χ2n) is 6.85. The summed E-state index contributed by atoms with van der Waals surface area (Å²) in [6.07, 6.45) is 0. The Kier molecular flexibility index (Phi) is 6.39. The van der Waals surface area contributed by atoms with E-state index in [2.05, 4.69) is 4.90 Å². The predicted octanol–water partition coefficient (Wildman–Crippen LogP) is 1.80. The highest BCUT2D eigenvalue weighted by molar-refractivity contribution is 7.92. The van der Waals surface area contributed by atoms with Crippen LogP contribution in [0.25, 0.3) is 0 Å². The molecular formula is C20H24FN3O4S. The number of amides is 1. The first-order valence-electron chi connectivity index (χ1n) is 9.20. The summed E-state index contributed by atoms with van der Waals surface area (Å²) in [5.41, 5.74) is 0.331. The van der Waals surface area contributed by atoms with Crippen molar-refractivity contribution in [1.29, 1.82) is 0 Å². The maximum atomic E-state index is 13.3. The molecule has 7 nitrogen and oxygen atoms in total. The van der Waals surface area contributed by atoms with Crippen LogP contribution in [0.15, 0.2) is 53.4 Å². The van der Waals surface area contributed by atoms with Crippen molar-refractivity contribution >= 4 is 21.6 Å². The second-order valence-corrected chi connectivity index (χ2v) is 8.71. The molecule has 1 heterocycles. The summed E-state index contributed by atoms with van der Waals surface area (Å²) in [4.78, 5) is 16.6. The normalized spacial score (nSPS) is 15.2. The SMILES string of the molecule is COc1ccc(N(CC(=O)N2CCN(C)CC2)S(=O)(=O)c2ccc(F)cc2)cc1. The molecule has 9 heteroatoms. The molecule has 1 amide bonds. The van der Waals surface area contributed by atoms with Crippen LogP contribution in [0.4, 0.5) is 10.1 Å². The van der Waals surface area contributed by atoms with Gasteiger partial charge in [-0.25, -0.2) is 12.8 Å². The smallest absolute Gasteiger partial charge is 0.264 e. The Hall–Kier alpha value is -2.65. The number of hydrogen-bond acceptors (Lipinski definition) is 5. The zero-order valence-electron chi connectivity index (χ0n) is 16.4. The minimum Gasteiger partial charge on any atom is -0.497 e. The molecule has 1 aliphatic rings. The van der Waals surface area contributed by atoms with Gasteiger partial charge in [-0.1, -0.05) is 0 Å². The summed E-state index contributed by atoms with van der Waals surface area (Å²) >= 11 is 0. The van der Waals surface area contributed by atoms with Gasteiger partial charge in [0, 0.05) is 26.2 Å². The van der Waals surface area contributed by atoms with Gasteiger partial charge < -0.3 is 14.5 Å². The van der Waals surface area contributed by atoms with Crippen LogP contribution in [-0.4, -0.2) is 71.0 Å². The number of rotatable bonds is 6. The Morgan fingerprint density at radius 2 is 1.62 bits per heavy atom. The Morgan fingerprint density at radius 1 is 1.03 bits per heavy atom. The van der Waals surface area contributed by atoms with Gasteiger partial charge in [-0.05, 0) is 55.6 Å². The molecule has 156 valence electrons. The zero-order valence-corrected chi connectivity index (χ0v) is 17.2. The first-order valence-corrected chi connectivity index (χ1v) is 10.6. The van der Waals surface area contributed by atoms with E-state index in [1.54, 1.807) is 29.2 Å². The Labute approximate surface area is 170 Å². The van der Waals surface area contributed by atoms with Gasteiger partial charge in [0.1, 0.15) is 18.1 Å². The van der Waals surface area contributed by atoms with Crippen LogP contribution < -0.4 is 9.04 Å². The number of likely N-dealkylation sites (N-methyl/N-ethyl adjacent to an activating group) is 1. The number of piperazine rings is 1. The average Bonchev–Trinajstić information content (AvgIpc) is 2.72. The number of ether oxygens (including phenoxy) is 1. The zero-order chi connectivity index (χ0) is 21.0. The molecule has 0 saturated carbocycles. The van der Waals surface area contributed by atoms with Gasteiger partial charge in [-0.2, -0.15) is 0 Å². The maximum absolute atomic E-state index is 13.3. The Bertz CT molecular complexity index is 941. The van der Waals surface area contributed by atoms with E-state index in [0.717, 1.165) is 29.5 Å². The van der Waals surface area contributed by atoms with Gasteiger partial charge >= 0.3 is 0 Å². The second kappa shape index (κ2) is 8.79. The molecule has 0 aliphatic carbocycles. The van der Waals surface area contributed by atoms with Crippen molar-refractivity contribution in [3.63, 3.8) is 0 Å². The minimum atomic E-state index is -4.07. The minimum absolute atomic E-state index is 0.0825. The molecule has 1 saturated heterocycles. The highest BCUT2D eigenvalue weighted by atomic mass is 32.2. The summed E-state index contributed by atoms with van der Waals surface area (Å²) in [6, 6.07) is 11.0. The fourth-order valence-corrected chi connectivity index (χ4v) is 4.49. The van der Waals surface area contributed by atoms with E-state index in [4.69, 9.17) is 4.74 Å². The molecular weight excluding hydrogens is 397 g/mol. The number of nitrogens with zero attached hydrogens (tertiary/aromatic N) is 3. The monoisotopic (exact) mass is 421 g/mol. The standard InChI is InChI=1S/C20H24FN3O4S/c1-22-11-13-23(14-12-22)20(25)15-24(17-5-7-18(28-2)8-6-17)29(26,27)19-9-3-16(21)4-10-19/h3-10H,11-15H2,1-2H3. The van der Waals surface area contributed by atoms with E-state index in [-0.39, 0.29) is 17.3 Å². The lowest BCUT2D eigenvalue weighted by atomic mass is 10.3. The van der Waals surface area contributed by atoms with Gasteiger partial charge in [-0.3, -0.25) is 9.10 Å². The van der Waals surface area contributed by atoms with Gasteiger partial charge in [0.15, 0.2) is 0 Å². The molecule has 2 aromatic carbocycles. The molecule has 0 radical (unpaired) electrons. The van der Waals surface area contributed by atoms with Gasteiger partial charge in [0.05, 0.1) is 17.7 Å². The van der Waals surface area contributed by atoms with E-state index in [1.165, 1.54) is 19.2 Å². The van der Waals surface area contributed by atoms with E-state index in [1.807, 2.05) is 7.05 Å². The van der Waals surface area contributed by atoms with Crippen LogP contribution in [0.5, 0.6) is 5.75 Å². The molecule has 2 aromatic rings. The van der Waals surface area contributed by atoms with Crippen molar-refractivity contribution in [2.24, 2.45) is 0 Å². The summed E-state index contributed by atoms with van der Waals surface area (Å²) < 4.78 is 46.0. The molecule has 0 aromatic heterocycles. The van der Waals surface area contributed by atoms with Crippen LogP contribution in [0.2, 0.25) is 0 Å². The Balaban J connectivity index is 1.92. The van der Waals surface area contributed by atoms with E-state index in [9.17, 15) is 17.6 Å². The largest absolute Gasteiger partial charge is 0.497 e. The number of anilines is 1. The topological polar surface area (TPSA) is 70.2 Å². The molecule has 0 N–H and O–H groups in total. The fourth-order valence-electron chi connectivity index (χ4n) is 3.08. The molecule has 1 fully saturated rings. The lowest BCUT2D eigenvalue weighted by Crippen LogP contribution is -2.50. The van der Waals surface area contributed by atoms with Crippen LogP contribution in [0.1, 0.15) is 0 Å². The summed E-state index contributed by atoms with van der Waals surface area (Å²) in [5.74, 6) is -0.244. The van der Waals surface area contributed by atoms with Gasteiger partial charge in [-0.15, -0.1) is 0 Å². The molecule has 0 unspecified atom stereocenters. The fraction of sp³-hybridized carbons (Fsp3) is 0.350. The van der Waals surface area contributed by atoms with E-state index < -0.39 is 15.8 Å². The summed E-state index contributed by atoms with van der Waals surface area (Å²) in [6.45, 7) is 2.22. The number of sulfonamides is 1. The summed E-state index contributed by atoms with van der Waals surface area (Å²) in [7, 11) is -0.578. The molecule has 0 spiro atoms. The summed E-state index contributed by atoms with van der Waals surface area (Å²) in [5, 5.41) is 0. The Morgan fingerprint density at radius 3 is 2.17 bits per heavy atom. The predicted molar refractivity (Wildman–Crippen MR) is 108 cm³/mol. The van der Waals surface area contributed by atoms with E-state index in [0.29, 0.717) is 24.5 Å². The molecule has 1 aliphatic heterocycles. The van der Waals surface area contributed by atoms with Crippen LogP contribution >= 0.6 is 0 Å². The van der Waals surface area contributed by atoms with Crippen molar-refractivity contribution in [3.05, 3.63) is 54.3 Å². The molecule has 3 rings (SSSR count). The molecule has 29 heavy (non-hydrogen) atoms. The lowest BCUT2D eigenvalue weighted by Gasteiger charge is -2.34. The van der Waals surface area contributed by atoms with Crippen molar-refractivity contribution < 1.29 is 22.3 Å². The number of benzene rings is 2. The molecule has 0 atom stereocenters. The number of carbonyl (C=O) groups is 1. The number of methoxy groups -OCH3 is 1. The van der Waals surface area contributed by atoms with Crippen molar-refractivity contribution in [1.82, 2.24) is 9.80 Å². The van der Waals surface area contributed by atoms with Crippen molar-refractivity contribution in [2.75, 3.05) is 51.2 Å². The van der Waals surface area contributed by atoms with E-state index >= 15 is 0 Å². The first-order chi connectivity index (χ1) is 13.8. The highest BCUT2D eigenvalue weighted by Gasteiger charge is 2.30. The van der Waals surface area contributed by atoms with Crippen LogP contribution in [0, 0.1) is 5.82 Å². The average molecular weight is 421 g/mol. The van der Waals surface area contributed by atoms with Crippen LogP contribution in [-0.2, 0) is 14.8 Å². The van der Waals surface area contributed by atoms with Crippen molar-refractivity contribution in [3.8, 4) is 5.75 Å². The number of carbonyl (C=O) groups excluding carboxylic acids is 1. The third-order valence-electron chi connectivity index (χ3n) is 4.90. The van der Waals surface area contributed by atoms with Crippen molar-refractivity contribution in [2.45, 2.75) is 4.90 Å². The van der Waals surface area contributed by atoms with Crippen LogP contribution in [0.3, 0.4) is 0 Å². The van der Waals surface area contributed by atoms with Gasteiger partial charge in [0.2, 0.25) is 5.91 Å². The number of halogens is 1. The third kappa shape index (κ3) is 4.86.